The molecule has 8 heteroatoms. The SMILES string of the molecule is O=C(c1ccco1)N(Cc1ccc(F)cc1)Cc1cc(-c2ccccc2)cn2nnnc12. The molecule has 0 N–H and O–H groups in total. The first-order valence-electron chi connectivity index (χ1n) is 10.0. The molecule has 5 aromatic rings. The zero-order valence-electron chi connectivity index (χ0n) is 16.9. The number of pyridine rings is 1. The van der Waals surface area contributed by atoms with E-state index in [0.717, 1.165) is 22.3 Å². The minimum absolute atomic E-state index is 0.224. The molecule has 0 atom stereocenters. The molecule has 5 rings (SSSR count). The molecule has 0 spiro atoms. The lowest BCUT2D eigenvalue weighted by Gasteiger charge is -2.22. The van der Waals surface area contributed by atoms with Crippen molar-refractivity contribution in [1.29, 1.82) is 0 Å². The molecule has 0 aliphatic rings. The van der Waals surface area contributed by atoms with E-state index < -0.39 is 0 Å². The van der Waals surface area contributed by atoms with Crippen LogP contribution in [-0.2, 0) is 13.1 Å². The maximum absolute atomic E-state index is 13.4. The predicted molar refractivity (Wildman–Crippen MR) is 115 cm³/mol. The second-order valence-electron chi connectivity index (χ2n) is 7.33. The van der Waals surface area contributed by atoms with Crippen LogP contribution in [0.2, 0.25) is 0 Å². The van der Waals surface area contributed by atoms with Crippen molar-refractivity contribution in [3.8, 4) is 11.1 Å². The van der Waals surface area contributed by atoms with Crippen LogP contribution in [0.15, 0.2) is 89.7 Å². The molecule has 0 saturated heterocycles. The van der Waals surface area contributed by atoms with Crippen LogP contribution in [-0.4, -0.2) is 30.8 Å². The van der Waals surface area contributed by atoms with Crippen LogP contribution in [0.25, 0.3) is 16.8 Å². The highest BCUT2D eigenvalue weighted by molar-refractivity contribution is 5.91. The molecule has 7 nitrogen and oxygen atoms in total. The van der Waals surface area contributed by atoms with Crippen LogP contribution in [0.3, 0.4) is 0 Å². The summed E-state index contributed by atoms with van der Waals surface area (Å²) < 4.78 is 20.3. The largest absolute Gasteiger partial charge is 0.459 e. The molecule has 0 fully saturated rings. The van der Waals surface area contributed by atoms with Gasteiger partial charge in [-0.3, -0.25) is 4.79 Å². The highest BCUT2D eigenvalue weighted by Gasteiger charge is 2.21. The lowest BCUT2D eigenvalue weighted by atomic mass is 10.1. The quantitative estimate of drug-likeness (QED) is 0.402. The first-order valence-corrected chi connectivity index (χ1v) is 10.0. The average Bonchev–Trinajstić information content (AvgIpc) is 3.52. The zero-order valence-corrected chi connectivity index (χ0v) is 16.9. The topological polar surface area (TPSA) is 76.5 Å². The van der Waals surface area contributed by atoms with Gasteiger partial charge in [0.05, 0.1) is 12.8 Å². The van der Waals surface area contributed by atoms with E-state index in [1.54, 1.807) is 33.7 Å². The molecule has 32 heavy (non-hydrogen) atoms. The predicted octanol–water partition coefficient (Wildman–Crippen LogP) is 4.37. The zero-order chi connectivity index (χ0) is 21.9. The number of carbonyl (C=O) groups is 1. The Morgan fingerprint density at radius 3 is 2.53 bits per heavy atom. The van der Waals surface area contributed by atoms with Gasteiger partial charge in [0, 0.05) is 23.9 Å². The van der Waals surface area contributed by atoms with E-state index in [4.69, 9.17) is 4.42 Å². The van der Waals surface area contributed by atoms with Crippen molar-refractivity contribution in [2.75, 3.05) is 0 Å². The van der Waals surface area contributed by atoms with E-state index in [-0.39, 0.29) is 30.6 Å². The third kappa shape index (κ3) is 3.98. The third-order valence-corrected chi connectivity index (χ3v) is 5.15. The second-order valence-corrected chi connectivity index (χ2v) is 7.33. The Balaban J connectivity index is 1.54. The summed E-state index contributed by atoms with van der Waals surface area (Å²) in [5.74, 6) is -0.388. The minimum Gasteiger partial charge on any atom is -0.459 e. The number of furan rings is 1. The number of hydrogen-bond acceptors (Lipinski definition) is 5. The molecule has 0 saturated carbocycles. The molecule has 2 aromatic carbocycles. The van der Waals surface area contributed by atoms with Crippen molar-refractivity contribution in [2.45, 2.75) is 13.1 Å². The summed E-state index contributed by atoms with van der Waals surface area (Å²) in [5.41, 5.74) is 4.06. The van der Waals surface area contributed by atoms with Gasteiger partial charge in [0.1, 0.15) is 5.82 Å². The fourth-order valence-electron chi connectivity index (χ4n) is 3.59. The van der Waals surface area contributed by atoms with Crippen LogP contribution >= 0.6 is 0 Å². The van der Waals surface area contributed by atoms with Crippen molar-refractivity contribution in [1.82, 2.24) is 24.9 Å². The summed E-state index contributed by atoms with van der Waals surface area (Å²) in [4.78, 5) is 14.8. The number of carbonyl (C=O) groups excluding carboxylic acids is 1. The number of nitrogens with zero attached hydrogens (tertiary/aromatic N) is 5. The minimum atomic E-state index is -0.329. The summed E-state index contributed by atoms with van der Waals surface area (Å²) in [5, 5.41) is 12.0. The average molecular weight is 427 g/mol. The first kappa shape index (κ1) is 19.6. The maximum atomic E-state index is 13.4. The Kier molecular flexibility index (Phi) is 5.17. The summed E-state index contributed by atoms with van der Waals surface area (Å²) in [6, 6.07) is 21.2. The van der Waals surface area contributed by atoms with Gasteiger partial charge in [0.15, 0.2) is 11.4 Å². The maximum Gasteiger partial charge on any atom is 0.290 e. The Labute approximate surface area is 182 Å². The van der Waals surface area contributed by atoms with E-state index in [1.165, 1.54) is 18.4 Å². The van der Waals surface area contributed by atoms with Crippen LogP contribution < -0.4 is 0 Å². The third-order valence-electron chi connectivity index (χ3n) is 5.15. The number of tetrazole rings is 1. The van der Waals surface area contributed by atoms with Gasteiger partial charge in [-0.05, 0) is 51.9 Å². The van der Waals surface area contributed by atoms with Crippen LogP contribution in [0.1, 0.15) is 21.7 Å². The van der Waals surface area contributed by atoms with E-state index in [2.05, 4.69) is 15.5 Å². The lowest BCUT2D eigenvalue weighted by molar-refractivity contribution is 0.0698. The van der Waals surface area contributed by atoms with E-state index in [0.29, 0.717) is 5.65 Å². The summed E-state index contributed by atoms with van der Waals surface area (Å²) in [6.07, 6.45) is 3.31. The van der Waals surface area contributed by atoms with E-state index >= 15 is 0 Å². The van der Waals surface area contributed by atoms with Gasteiger partial charge in [-0.1, -0.05) is 42.5 Å². The van der Waals surface area contributed by atoms with Gasteiger partial charge in [0.2, 0.25) is 0 Å². The Morgan fingerprint density at radius 2 is 1.78 bits per heavy atom. The number of aromatic nitrogens is 4. The van der Waals surface area contributed by atoms with Gasteiger partial charge in [-0.15, -0.1) is 5.10 Å². The molecular formula is C24H18FN5O2. The summed E-state index contributed by atoms with van der Waals surface area (Å²) in [7, 11) is 0. The number of halogens is 1. The van der Waals surface area contributed by atoms with Crippen molar-refractivity contribution in [2.24, 2.45) is 0 Å². The van der Waals surface area contributed by atoms with Crippen LogP contribution in [0, 0.1) is 5.82 Å². The molecule has 0 aliphatic heterocycles. The molecule has 3 heterocycles. The number of benzene rings is 2. The van der Waals surface area contributed by atoms with Gasteiger partial charge in [-0.2, -0.15) is 4.52 Å². The van der Waals surface area contributed by atoms with Crippen molar-refractivity contribution >= 4 is 11.6 Å². The molecule has 0 bridgehead atoms. The summed E-state index contributed by atoms with van der Waals surface area (Å²) in [6.45, 7) is 0.505. The molecule has 158 valence electrons. The van der Waals surface area contributed by atoms with Crippen molar-refractivity contribution < 1.29 is 13.6 Å². The number of fused-ring (bicyclic) bond motifs is 1. The Hall–Kier alpha value is -4.33. The van der Waals surface area contributed by atoms with E-state index in [9.17, 15) is 9.18 Å². The van der Waals surface area contributed by atoms with E-state index in [1.807, 2.05) is 42.6 Å². The Bertz CT molecular complexity index is 1350. The fraction of sp³-hybridized carbons (Fsp3) is 0.0833. The molecule has 3 aromatic heterocycles. The second kappa shape index (κ2) is 8.43. The number of hydrogen-bond donors (Lipinski definition) is 0. The standard InChI is InChI=1S/C24H18FN5O2/c25-21-10-8-17(9-11-21)14-29(24(31)22-7-4-12-32-22)15-20-13-19(18-5-2-1-3-6-18)16-30-23(20)26-27-28-30/h1-13,16H,14-15H2. The smallest absolute Gasteiger partial charge is 0.290 e. The normalized spacial score (nSPS) is 11.0. The molecule has 0 aliphatic carbocycles. The molecule has 0 radical (unpaired) electrons. The van der Waals surface area contributed by atoms with Crippen LogP contribution in [0.5, 0.6) is 0 Å². The van der Waals surface area contributed by atoms with Crippen molar-refractivity contribution in [3.63, 3.8) is 0 Å². The van der Waals surface area contributed by atoms with Gasteiger partial charge >= 0.3 is 0 Å². The monoisotopic (exact) mass is 427 g/mol. The Morgan fingerprint density at radius 1 is 0.969 bits per heavy atom. The summed E-state index contributed by atoms with van der Waals surface area (Å²) >= 11 is 0. The number of rotatable bonds is 6. The van der Waals surface area contributed by atoms with Gasteiger partial charge in [0.25, 0.3) is 5.91 Å². The highest BCUT2D eigenvalue weighted by atomic mass is 19.1. The lowest BCUT2D eigenvalue weighted by Crippen LogP contribution is -2.30. The fourth-order valence-corrected chi connectivity index (χ4v) is 3.59. The molecular weight excluding hydrogens is 409 g/mol. The molecule has 0 unspecified atom stereocenters. The number of amides is 1. The van der Waals surface area contributed by atoms with Crippen molar-refractivity contribution in [3.05, 3.63) is 108 Å². The van der Waals surface area contributed by atoms with Gasteiger partial charge < -0.3 is 9.32 Å². The van der Waals surface area contributed by atoms with Gasteiger partial charge in [-0.25, -0.2) is 4.39 Å². The first-order chi connectivity index (χ1) is 15.7. The molecule has 1 amide bonds. The highest BCUT2D eigenvalue weighted by Crippen LogP contribution is 2.24. The van der Waals surface area contributed by atoms with Crippen LogP contribution in [0.4, 0.5) is 4.39 Å².